The highest BCUT2D eigenvalue weighted by atomic mass is 35.5. The van der Waals surface area contributed by atoms with Crippen LogP contribution in [0.1, 0.15) is 12.0 Å². The number of carbonyl (C=O) groups excluding carboxylic acids is 1. The molecule has 0 aromatic heterocycles. The number of halogens is 3. The summed E-state index contributed by atoms with van der Waals surface area (Å²) in [5.74, 6) is -0.145. The minimum absolute atomic E-state index is 0. The molecule has 1 N–H and O–H groups in total. The zero-order valence-electron chi connectivity index (χ0n) is 12.6. The van der Waals surface area contributed by atoms with Gasteiger partial charge in [0.15, 0.2) is 0 Å². The number of hydrogen-bond donors (Lipinski definition) is 1. The summed E-state index contributed by atoms with van der Waals surface area (Å²) in [4.78, 5) is 16.0. The minimum Gasteiger partial charge on any atom is -0.340 e. The van der Waals surface area contributed by atoms with Crippen molar-refractivity contribution in [3.05, 3.63) is 34.6 Å². The maximum Gasteiger partial charge on any atom is 0.223 e. The van der Waals surface area contributed by atoms with E-state index in [-0.39, 0.29) is 24.1 Å². The van der Waals surface area contributed by atoms with Crippen LogP contribution in [0.5, 0.6) is 0 Å². The number of amides is 1. The van der Waals surface area contributed by atoms with Crippen LogP contribution in [-0.2, 0) is 11.3 Å². The van der Waals surface area contributed by atoms with Crippen LogP contribution in [0.25, 0.3) is 0 Å². The lowest BCUT2D eigenvalue weighted by molar-refractivity contribution is -0.132. The summed E-state index contributed by atoms with van der Waals surface area (Å²) in [6.07, 6.45) is 0.495. The van der Waals surface area contributed by atoms with Gasteiger partial charge in [0.05, 0.1) is 0 Å². The Bertz CT molecular complexity index is 496. The normalized spacial score (nSPS) is 14.8. The van der Waals surface area contributed by atoms with Crippen LogP contribution in [0.4, 0.5) is 4.39 Å². The molecule has 0 bridgehead atoms. The molecule has 4 nitrogen and oxygen atoms in total. The number of rotatable bonds is 5. The van der Waals surface area contributed by atoms with Gasteiger partial charge >= 0.3 is 0 Å². The molecule has 2 rings (SSSR count). The molecule has 1 heterocycles. The van der Waals surface area contributed by atoms with Crippen LogP contribution in [-0.4, -0.2) is 55.5 Å². The van der Waals surface area contributed by atoms with E-state index < -0.39 is 0 Å². The van der Waals surface area contributed by atoms with Crippen LogP contribution in [0.3, 0.4) is 0 Å². The van der Waals surface area contributed by atoms with Crippen LogP contribution < -0.4 is 5.32 Å². The molecule has 1 aromatic rings. The first kappa shape index (κ1) is 19.2. The number of nitrogens with one attached hydrogen (secondary N) is 1. The third-order valence-electron chi connectivity index (χ3n) is 3.63. The first-order chi connectivity index (χ1) is 10.1. The molecular weight excluding hydrogens is 328 g/mol. The molecule has 0 atom stereocenters. The fourth-order valence-corrected chi connectivity index (χ4v) is 2.61. The first-order valence-corrected chi connectivity index (χ1v) is 7.55. The second-order valence-corrected chi connectivity index (χ2v) is 5.76. The van der Waals surface area contributed by atoms with Gasteiger partial charge in [0.2, 0.25) is 5.91 Å². The smallest absolute Gasteiger partial charge is 0.223 e. The molecule has 0 radical (unpaired) electrons. The molecule has 1 saturated heterocycles. The number of benzene rings is 1. The second kappa shape index (κ2) is 9.30. The SMILES string of the molecule is CN(CCC(=O)N1CCNCC1)Cc1ccc(F)cc1Cl.Cl. The summed E-state index contributed by atoms with van der Waals surface area (Å²) in [7, 11) is 1.94. The van der Waals surface area contributed by atoms with E-state index in [4.69, 9.17) is 11.6 Å². The van der Waals surface area contributed by atoms with Crippen molar-refractivity contribution in [3.8, 4) is 0 Å². The van der Waals surface area contributed by atoms with E-state index >= 15 is 0 Å². The van der Waals surface area contributed by atoms with E-state index in [9.17, 15) is 9.18 Å². The predicted molar refractivity (Wildman–Crippen MR) is 89.1 cm³/mol. The second-order valence-electron chi connectivity index (χ2n) is 5.35. The standard InChI is InChI=1S/C15H21ClFN3O.ClH/c1-19(11-12-2-3-13(17)10-14(12)16)7-4-15(21)20-8-5-18-6-9-20;/h2-3,10,18H,4-9,11H2,1H3;1H. The fraction of sp³-hybridized carbons (Fsp3) is 0.533. The van der Waals surface area contributed by atoms with Crippen molar-refractivity contribution >= 4 is 29.9 Å². The Morgan fingerprint density at radius 1 is 1.41 bits per heavy atom. The molecule has 0 aliphatic carbocycles. The Balaban J connectivity index is 0.00000242. The molecule has 1 fully saturated rings. The van der Waals surface area contributed by atoms with E-state index in [1.807, 2.05) is 16.8 Å². The lowest BCUT2D eigenvalue weighted by Gasteiger charge is -2.28. The van der Waals surface area contributed by atoms with Crippen molar-refractivity contribution in [3.63, 3.8) is 0 Å². The molecular formula is C15H22Cl2FN3O. The number of nitrogens with zero attached hydrogens (tertiary/aromatic N) is 2. The zero-order valence-corrected chi connectivity index (χ0v) is 14.2. The predicted octanol–water partition coefficient (Wildman–Crippen LogP) is 2.15. The third kappa shape index (κ3) is 5.72. The Morgan fingerprint density at radius 2 is 2.09 bits per heavy atom. The summed E-state index contributed by atoms with van der Waals surface area (Å²) in [5, 5.41) is 3.65. The monoisotopic (exact) mass is 349 g/mol. The maximum atomic E-state index is 13.0. The van der Waals surface area contributed by atoms with Crippen LogP contribution in [0.15, 0.2) is 18.2 Å². The average molecular weight is 350 g/mol. The van der Waals surface area contributed by atoms with Gasteiger partial charge in [-0.05, 0) is 24.7 Å². The highest BCUT2D eigenvalue weighted by Gasteiger charge is 2.16. The fourth-order valence-electron chi connectivity index (χ4n) is 2.38. The summed E-state index contributed by atoms with van der Waals surface area (Å²) in [6, 6.07) is 4.41. The molecule has 0 unspecified atom stereocenters. The average Bonchev–Trinajstić information content (AvgIpc) is 2.48. The van der Waals surface area contributed by atoms with Gasteiger partial charge < -0.3 is 15.1 Å². The van der Waals surface area contributed by atoms with Crippen LogP contribution >= 0.6 is 24.0 Å². The Labute approximate surface area is 142 Å². The topological polar surface area (TPSA) is 35.6 Å². The van der Waals surface area contributed by atoms with Crippen molar-refractivity contribution in [2.45, 2.75) is 13.0 Å². The van der Waals surface area contributed by atoms with E-state index in [0.29, 0.717) is 24.5 Å². The minimum atomic E-state index is -0.333. The highest BCUT2D eigenvalue weighted by molar-refractivity contribution is 6.31. The molecule has 0 saturated carbocycles. The molecule has 22 heavy (non-hydrogen) atoms. The van der Waals surface area contributed by atoms with Crippen LogP contribution in [0.2, 0.25) is 5.02 Å². The Kier molecular flexibility index (Phi) is 8.10. The van der Waals surface area contributed by atoms with Crippen molar-refractivity contribution in [1.82, 2.24) is 15.1 Å². The summed E-state index contributed by atoms with van der Waals surface area (Å²) < 4.78 is 13.0. The van der Waals surface area contributed by atoms with Gasteiger partial charge in [0.1, 0.15) is 5.82 Å². The lowest BCUT2D eigenvalue weighted by Crippen LogP contribution is -2.47. The third-order valence-corrected chi connectivity index (χ3v) is 3.98. The zero-order chi connectivity index (χ0) is 15.2. The lowest BCUT2D eigenvalue weighted by atomic mass is 10.2. The van der Waals surface area contributed by atoms with Crippen LogP contribution in [0, 0.1) is 5.82 Å². The molecule has 1 aliphatic heterocycles. The van der Waals surface area contributed by atoms with E-state index in [1.54, 1.807) is 6.07 Å². The molecule has 0 spiro atoms. The highest BCUT2D eigenvalue weighted by Crippen LogP contribution is 2.18. The molecule has 1 aliphatic rings. The maximum absolute atomic E-state index is 13.0. The molecule has 1 amide bonds. The molecule has 7 heteroatoms. The van der Waals surface area contributed by atoms with Crippen molar-refractivity contribution in [2.24, 2.45) is 0 Å². The Hall–Kier alpha value is -0.880. The molecule has 124 valence electrons. The van der Waals surface area contributed by atoms with E-state index in [1.165, 1.54) is 12.1 Å². The quantitative estimate of drug-likeness (QED) is 0.884. The van der Waals surface area contributed by atoms with Gasteiger partial charge in [0, 0.05) is 50.7 Å². The van der Waals surface area contributed by atoms with Gasteiger partial charge in [-0.25, -0.2) is 4.39 Å². The Morgan fingerprint density at radius 3 is 2.73 bits per heavy atom. The number of hydrogen-bond acceptors (Lipinski definition) is 3. The van der Waals surface area contributed by atoms with Gasteiger partial charge in [-0.2, -0.15) is 0 Å². The largest absolute Gasteiger partial charge is 0.340 e. The van der Waals surface area contributed by atoms with E-state index in [2.05, 4.69) is 5.32 Å². The summed E-state index contributed by atoms with van der Waals surface area (Å²) in [6.45, 7) is 4.57. The van der Waals surface area contributed by atoms with Gasteiger partial charge in [-0.1, -0.05) is 17.7 Å². The van der Waals surface area contributed by atoms with Crippen molar-refractivity contribution in [1.29, 1.82) is 0 Å². The van der Waals surface area contributed by atoms with E-state index in [0.717, 1.165) is 31.7 Å². The molecule has 1 aromatic carbocycles. The van der Waals surface area contributed by atoms with Crippen molar-refractivity contribution < 1.29 is 9.18 Å². The number of piperazine rings is 1. The summed E-state index contributed by atoms with van der Waals surface area (Å²) >= 11 is 6.01. The van der Waals surface area contributed by atoms with Gasteiger partial charge in [-0.15, -0.1) is 12.4 Å². The van der Waals surface area contributed by atoms with Gasteiger partial charge in [-0.3, -0.25) is 4.79 Å². The first-order valence-electron chi connectivity index (χ1n) is 7.17. The number of carbonyl (C=O) groups is 1. The summed E-state index contributed by atoms with van der Waals surface area (Å²) in [5.41, 5.74) is 0.871. The van der Waals surface area contributed by atoms with Crippen molar-refractivity contribution in [2.75, 3.05) is 39.8 Å². The van der Waals surface area contributed by atoms with Gasteiger partial charge in [0.25, 0.3) is 0 Å².